The number of hydrazone groups is 1. The zero-order valence-electron chi connectivity index (χ0n) is 17.0. The van der Waals surface area contributed by atoms with Crippen LogP contribution in [0.5, 0.6) is 11.5 Å². The molecule has 1 saturated heterocycles. The highest BCUT2D eigenvalue weighted by Crippen LogP contribution is 2.22. The van der Waals surface area contributed by atoms with Gasteiger partial charge in [0.15, 0.2) is 0 Å². The van der Waals surface area contributed by atoms with Gasteiger partial charge in [0, 0.05) is 38.3 Å². The SMILES string of the molecule is COc1ccc(OC)c(/C=N\NC(=O)CN2CCN(Cc3ccccc3)CC2)c1. The molecule has 1 N–H and O–H groups in total. The van der Waals surface area contributed by atoms with Crippen LogP contribution in [0.1, 0.15) is 11.1 Å². The molecule has 2 aromatic carbocycles. The third-order valence-electron chi connectivity index (χ3n) is 4.91. The number of ether oxygens (including phenoxy) is 2. The number of amides is 1. The van der Waals surface area contributed by atoms with Gasteiger partial charge in [-0.3, -0.25) is 14.6 Å². The highest BCUT2D eigenvalue weighted by Gasteiger charge is 2.18. The molecule has 0 saturated carbocycles. The van der Waals surface area contributed by atoms with Crippen molar-refractivity contribution in [3.8, 4) is 11.5 Å². The van der Waals surface area contributed by atoms with E-state index in [-0.39, 0.29) is 5.91 Å². The van der Waals surface area contributed by atoms with Crippen molar-refractivity contribution in [2.24, 2.45) is 5.10 Å². The monoisotopic (exact) mass is 396 g/mol. The van der Waals surface area contributed by atoms with Gasteiger partial charge in [0.2, 0.25) is 0 Å². The van der Waals surface area contributed by atoms with Gasteiger partial charge < -0.3 is 9.47 Å². The zero-order valence-corrected chi connectivity index (χ0v) is 17.0. The number of nitrogens with zero attached hydrogens (tertiary/aromatic N) is 3. The van der Waals surface area contributed by atoms with E-state index in [1.807, 2.05) is 12.1 Å². The highest BCUT2D eigenvalue weighted by molar-refractivity contribution is 5.86. The van der Waals surface area contributed by atoms with Crippen molar-refractivity contribution in [1.82, 2.24) is 15.2 Å². The Morgan fingerprint density at radius 1 is 1.03 bits per heavy atom. The first-order valence-electron chi connectivity index (χ1n) is 9.70. The lowest BCUT2D eigenvalue weighted by Crippen LogP contribution is -2.48. The number of benzene rings is 2. The standard InChI is InChI=1S/C22H28N4O3/c1-28-20-8-9-21(29-2)19(14-20)15-23-24-22(27)17-26-12-10-25(11-13-26)16-18-6-4-3-5-7-18/h3-9,14-15H,10-13,16-17H2,1-2H3,(H,24,27)/b23-15-. The molecule has 0 spiro atoms. The van der Waals surface area contributed by atoms with E-state index >= 15 is 0 Å². The van der Waals surface area contributed by atoms with E-state index in [4.69, 9.17) is 9.47 Å². The summed E-state index contributed by atoms with van der Waals surface area (Å²) in [7, 11) is 3.19. The van der Waals surface area contributed by atoms with Gasteiger partial charge >= 0.3 is 0 Å². The van der Waals surface area contributed by atoms with Crippen molar-refractivity contribution in [2.45, 2.75) is 6.54 Å². The van der Waals surface area contributed by atoms with Gasteiger partial charge in [0.25, 0.3) is 5.91 Å². The molecule has 154 valence electrons. The fraction of sp³-hybridized carbons (Fsp3) is 0.364. The second kappa shape index (κ2) is 10.6. The van der Waals surface area contributed by atoms with Crippen LogP contribution in [0.25, 0.3) is 0 Å². The van der Waals surface area contributed by atoms with E-state index < -0.39 is 0 Å². The van der Waals surface area contributed by atoms with E-state index in [9.17, 15) is 4.79 Å². The lowest BCUT2D eigenvalue weighted by atomic mass is 10.2. The molecule has 1 aliphatic heterocycles. The second-order valence-electron chi connectivity index (χ2n) is 6.94. The first-order chi connectivity index (χ1) is 14.2. The Labute approximate surface area is 171 Å². The molecule has 0 unspecified atom stereocenters. The molecule has 1 fully saturated rings. The fourth-order valence-corrected chi connectivity index (χ4v) is 3.30. The Morgan fingerprint density at radius 2 is 1.76 bits per heavy atom. The topological polar surface area (TPSA) is 66.4 Å². The summed E-state index contributed by atoms with van der Waals surface area (Å²) in [6, 6.07) is 15.9. The lowest BCUT2D eigenvalue weighted by Gasteiger charge is -2.34. The van der Waals surface area contributed by atoms with Crippen LogP contribution < -0.4 is 14.9 Å². The molecule has 29 heavy (non-hydrogen) atoms. The Balaban J connectivity index is 1.43. The maximum Gasteiger partial charge on any atom is 0.254 e. The maximum atomic E-state index is 12.2. The first-order valence-corrected chi connectivity index (χ1v) is 9.70. The molecule has 2 aromatic rings. The van der Waals surface area contributed by atoms with Gasteiger partial charge in [-0.2, -0.15) is 5.10 Å². The predicted molar refractivity (Wildman–Crippen MR) is 113 cm³/mol. The van der Waals surface area contributed by atoms with Gasteiger partial charge in [-0.1, -0.05) is 30.3 Å². The number of carbonyl (C=O) groups excluding carboxylic acids is 1. The molecule has 0 aliphatic carbocycles. The number of methoxy groups -OCH3 is 2. The lowest BCUT2D eigenvalue weighted by molar-refractivity contribution is -0.122. The van der Waals surface area contributed by atoms with Crippen LogP contribution in [0.4, 0.5) is 0 Å². The summed E-state index contributed by atoms with van der Waals surface area (Å²) >= 11 is 0. The highest BCUT2D eigenvalue weighted by atomic mass is 16.5. The molecular formula is C22H28N4O3. The molecular weight excluding hydrogens is 368 g/mol. The Morgan fingerprint density at radius 3 is 2.45 bits per heavy atom. The van der Waals surface area contributed by atoms with Crippen molar-refractivity contribution in [3.05, 3.63) is 59.7 Å². The minimum Gasteiger partial charge on any atom is -0.497 e. The van der Waals surface area contributed by atoms with Gasteiger partial charge in [-0.25, -0.2) is 5.43 Å². The number of hydrogen-bond donors (Lipinski definition) is 1. The molecule has 0 atom stereocenters. The third-order valence-corrected chi connectivity index (χ3v) is 4.91. The molecule has 0 radical (unpaired) electrons. The van der Waals surface area contributed by atoms with E-state index in [1.54, 1.807) is 32.6 Å². The van der Waals surface area contributed by atoms with E-state index in [1.165, 1.54) is 5.56 Å². The Hall–Kier alpha value is -2.90. The fourth-order valence-electron chi connectivity index (χ4n) is 3.30. The molecule has 0 aromatic heterocycles. The number of rotatable bonds is 8. The number of piperazine rings is 1. The van der Waals surface area contributed by atoms with Crippen LogP contribution >= 0.6 is 0 Å². The molecule has 7 heteroatoms. The number of nitrogens with one attached hydrogen (secondary N) is 1. The van der Waals surface area contributed by atoms with Crippen molar-refractivity contribution in [3.63, 3.8) is 0 Å². The quantitative estimate of drug-likeness (QED) is 0.546. The van der Waals surface area contributed by atoms with Crippen molar-refractivity contribution >= 4 is 12.1 Å². The van der Waals surface area contributed by atoms with Crippen LogP contribution in [0, 0.1) is 0 Å². The maximum absolute atomic E-state index is 12.2. The van der Waals surface area contributed by atoms with Crippen LogP contribution in [0.15, 0.2) is 53.6 Å². The molecule has 1 aliphatic rings. The average Bonchev–Trinajstić information content (AvgIpc) is 2.75. The first kappa shape index (κ1) is 20.8. The van der Waals surface area contributed by atoms with Gasteiger partial charge in [0.05, 0.1) is 27.0 Å². The largest absolute Gasteiger partial charge is 0.497 e. The molecule has 7 nitrogen and oxygen atoms in total. The van der Waals surface area contributed by atoms with Crippen LogP contribution in [-0.2, 0) is 11.3 Å². The van der Waals surface area contributed by atoms with Crippen LogP contribution in [-0.4, -0.2) is 68.9 Å². The van der Waals surface area contributed by atoms with Gasteiger partial charge in [-0.05, 0) is 23.8 Å². The summed E-state index contributed by atoms with van der Waals surface area (Å²) in [6.07, 6.45) is 1.57. The zero-order chi connectivity index (χ0) is 20.5. The van der Waals surface area contributed by atoms with Crippen molar-refractivity contribution in [1.29, 1.82) is 0 Å². The molecule has 3 rings (SSSR count). The third kappa shape index (κ3) is 6.30. The Bertz CT molecular complexity index is 818. The predicted octanol–water partition coefficient (Wildman–Crippen LogP) is 1.97. The summed E-state index contributed by atoms with van der Waals surface area (Å²) in [4.78, 5) is 16.8. The van der Waals surface area contributed by atoms with E-state index in [2.05, 4.69) is 44.6 Å². The van der Waals surface area contributed by atoms with Gasteiger partial charge in [-0.15, -0.1) is 0 Å². The molecule has 0 bridgehead atoms. The summed E-state index contributed by atoms with van der Waals surface area (Å²) in [5, 5.41) is 4.06. The number of hydrogen-bond acceptors (Lipinski definition) is 6. The second-order valence-corrected chi connectivity index (χ2v) is 6.94. The summed E-state index contributed by atoms with van der Waals surface area (Å²) < 4.78 is 10.5. The smallest absolute Gasteiger partial charge is 0.254 e. The van der Waals surface area contributed by atoms with Crippen LogP contribution in [0.3, 0.4) is 0 Å². The normalized spacial score (nSPS) is 15.4. The minimum absolute atomic E-state index is 0.125. The molecule has 1 heterocycles. The summed E-state index contributed by atoms with van der Waals surface area (Å²) in [5.74, 6) is 1.24. The van der Waals surface area contributed by atoms with Crippen LogP contribution in [0.2, 0.25) is 0 Å². The summed E-state index contributed by atoms with van der Waals surface area (Å²) in [5.41, 5.74) is 4.66. The summed E-state index contributed by atoms with van der Waals surface area (Å²) in [6.45, 7) is 4.93. The van der Waals surface area contributed by atoms with Crippen molar-refractivity contribution < 1.29 is 14.3 Å². The van der Waals surface area contributed by atoms with Gasteiger partial charge in [0.1, 0.15) is 11.5 Å². The van der Waals surface area contributed by atoms with E-state index in [0.717, 1.165) is 38.3 Å². The Kier molecular flexibility index (Phi) is 7.61. The van der Waals surface area contributed by atoms with Crippen molar-refractivity contribution in [2.75, 3.05) is 46.9 Å². The minimum atomic E-state index is -0.125. The number of carbonyl (C=O) groups is 1. The average molecular weight is 396 g/mol. The van der Waals surface area contributed by atoms with E-state index in [0.29, 0.717) is 18.0 Å². The molecule has 1 amide bonds.